The van der Waals surface area contributed by atoms with Crippen LogP contribution in [0.25, 0.3) is 0 Å². The molecule has 16 heavy (non-hydrogen) atoms. The van der Waals surface area contributed by atoms with Gasteiger partial charge < -0.3 is 5.73 Å². The largest absolute Gasteiger partial charge is 0.369 e. The summed E-state index contributed by atoms with van der Waals surface area (Å²) in [4.78, 5) is 5.51. The Bertz CT molecular complexity index is 518. The molecule has 1 aliphatic rings. The first-order valence-electron chi connectivity index (χ1n) is 4.83. The number of nitrogens with zero attached hydrogens (tertiary/aromatic N) is 2. The average Bonchev–Trinajstić information content (AvgIpc) is 2.66. The van der Waals surface area contributed by atoms with Gasteiger partial charge >= 0.3 is 0 Å². The highest BCUT2D eigenvalue weighted by atomic mass is 32.2. The minimum Gasteiger partial charge on any atom is -0.369 e. The summed E-state index contributed by atoms with van der Waals surface area (Å²) in [5, 5.41) is 1.98. The van der Waals surface area contributed by atoms with Crippen LogP contribution in [0.5, 0.6) is 0 Å². The minimum atomic E-state index is -2.36. The number of hydrogen-bond donors (Lipinski definition) is 1. The Kier molecular flexibility index (Phi) is 2.51. The van der Waals surface area contributed by atoms with Crippen molar-refractivity contribution in [1.29, 1.82) is 0 Å². The molecule has 2 heterocycles. The second-order valence-corrected chi connectivity index (χ2v) is 7.46. The van der Waals surface area contributed by atoms with Crippen LogP contribution in [0.3, 0.4) is 0 Å². The predicted molar refractivity (Wildman–Crippen MR) is 71.2 cm³/mol. The molecule has 2 rings (SSSR count). The molecule has 6 heteroatoms. The van der Waals surface area contributed by atoms with E-state index in [1.54, 1.807) is 18.4 Å². The molecule has 0 aromatic carbocycles. The second-order valence-electron chi connectivity index (χ2n) is 4.14. The number of nitrogens with two attached hydrogens (primary N) is 1. The van der Waals surface area contributed by atoms with Crippen LogP contribution in [-0.4, -0.2) is 33.1 Å². The summed E-state index contributed by atoms with van der Waals surface area (Å²) in [7, 11) is -0.691. The Hall–Kier alpha value is -1.01. The van der Waals surface area contributed by atoms with E-state index in [1.807, 2.05) is 24.4 Å². The molecule has 2 atom stereocenters. The normalized spacial score (nSPS) is 34.9. The van der Waals surface area contributed by atoms with E-state index < -0.39 is 15.2 Å². The SMILES string of the molecule is C=S1(=O)C[C@@](C)(c2cccs2)N=C(N)N1C. The van der Waals surface area contributed by atoms with Crippen LogP contribution in [0.15, 0.2) is 22.5 Å². The first kappa shape index (κ1) is 11.5. The fourth-order valence-corrected chi connectivity index (χ4v) is 4.37. The van der Waals surface area contributed by atoms with Crippen molar-refractivity contribution in [2.75, 3.05) is 12.8 Å². The van der Waals surface area contributed by atoms with E-state index in [2.05, 4.69) is 10.9 Å². The number of hydrogen-bond acceptors (Lipinski definition) is 4. The molecule has 0 radical (unpaired) electrons. The van der Waals surface area contributed by atoms with E-state index in [9.17, 15) is 4.21 Å². The molecule has 1 aromatic heterocycles. The zero-order valence-electron chi connectivity index (χ0n) is 9.34. The standard InChI is InChI=1S/C10H15N3OS2/c1-10(8-5-4-6-15-8)7-16(3,14)13(2)9(11)12-10/h4-6H,3,7H2,1-2H3,(H2,11,12)/t10-,16?/m0/s1. The van der Waals surface area contributed by atoms with E-state index in [4.69, 9.17) is 5.73 Å². The maximum absolute atomic E-state index is 12.3. The highest BCUT2D eigenvalue weighted by Gasteiger charge is 2.37. The van der Waals surface area contributed by atoms with Crippen molar-refractivity contribution in [2.24, 2.45) is 10.7 Å². The molecule has 0 saturated carbocycles. The third kappa shape index (κ3) is 1.72. The maximum Gasteiger partial charge on any atom is 0.203 e. The summed E-state index contributed by atoms with van der Waals surface area (Å²) in [5.41, 5.74) is 5.29. The van der Waals surface area contributed by atoms with Crippen LogP contribution in [0.1, 0.15) is 11.8 Å². The Labute approximate surface area is 99.9 Å². The Balaban J connectivity index is 2.54. The van der Waals surface area contributed by atoms with Crippen LogP contribution in [0.2, 0.25) is 0 Å². The van der Waals surface area contributed by atoms with Crippen LogP contribution in [-0.2, 0) is 15.2 Å². The highest BCUT2D eigenvalue weighted by molar-refractivity contribution is 7.98. The van der Waals surface area contributed by atoms with Crippen molar-refractivity contribution in [2.45, 2.75) is 12.5 Å². The third-order valence-corrected chi connectivity index (χ3v) is 6.06. The van der Waals surface area contributed by atoms with Crippen molar-refractivity contribution in [3.63, 3.8) is 0 Å². The van der Waals surface area contributed by atoms with E-state index in [1.165, 1.54) is 4.31 Å². The zero-order valence-corrected chi connectivity index (χ0v) is 11.0. The number of thiophene rings is 1. The van der Waals surface area contributed by atoms with Gasteiger partial charge in [-0.05, 0) is 24.2 Å². The lowest BCUT2D eigenvalue weighted by molar-refractivity contribution is 0.522. The van der Waals surface area contributed by atoms with Gasteiger partial charge in [-0.15, -0.1) is 11.3 Å². The van der Waals surface area contributed by atoms with Crippen molar-refractivity contribution in [1.82, 2.24) is 4.31 Å². The van der Waals surface area contributed by atoms with Gasteiger partial charge in [-0.25, -0.2) is 9.20 Å². The summed E-state index contributed by atoms with van der Waals surface area (Å²) in [6.07, 6.45) is 0. The summed E-state index contributed by atoms with van der Waals surface area (Å²) in [5.74, 6) is 4.46. The van der Waals surface area contributed by atoms with Crippen LogP contribution >= 0.6 is 11.3 Å². The summed E-state index contributed by atoms with van der Waals surface area (Å²) in [6.45, 7) is 1.95. The first-order chi connectivity index (χ1) is 7.35. The molecular formula is C10H15N3OS2. The fraction of sp³-hybridized carbons (Fsp3) is 0.400. The summed E-state index contributed by atoms with van der Waals surface area (Å²) < 4.78 is 13.8. The monoisotopic (exact) mass is 257 g/mol. The van der Waals surface area contributed by atoms with Gasteiger partial charge in [-0.1, -0.05) is 6.07 Å². The fourth-order valence-electron chi connectivity index (χ4n) is 1.77. The van der Waals surface area contributed by atoms with Gasteiger partial charge in [-0.2, -0.15) is 0 Å². The molecular weight excluding hydrogens is 242 g/mol. The number of rotatable bonds is 1. The van der Waals surface area contributed by atoms with Gasteiger partial charge in [0, 0.05) is 11.9 Å². The number of aliphatic imine (C=N–C) groups is 1. The molecule has 0 spiro atoms. The Morgan fingerprint density at radius 3 is 2.94 bits per heavy atom. The van der Waals surface area contributed by atoms with Gasteiger partial charge in [0.05, 0.1) is 15.5 Å². The van der Waals surface area contributed by atoms with Crippen LogP contribution in [0, 0.1) is 0 Å². The van der Waals surface area contributed by atoms with Crippen LogP contribution in [0.4, 0.5) is 0 Å². The molecule has 0 aliphatic carbocycles. The summed E-state index contributed by atoms with van der Waals surface area (Å²) >= 11 is 1.60. The highest BCUT2D eigenvalue weighted by Crippen LogP contribution is 2.34. The molecule has 0 saturated heterocycles. The van der Waals surface area contributed by atoms with Crippen LogP contribution < -0.4 is 5.73 Å². The molecule has 2 N–H and O–H groups in total. The zero-order chi connectivity index (χ0) is 12.0. The van der Waals surface area contributed by atoms with Gasteiger partial charge in [0.15, 0.2) is 0 Å². The average molecular weight is 257 g/mol. The molecule has 4 nitrogen and oxygen atoms in total. The lowest BCUT2D eigenvalue weighted by Gasteiger charge is -2.36. The van der Waals surface area contributed by atoms with Gasteiger partial charge in [0.2, 0.25) is 5.96 Å². The molecule has 1 aliphatic heterocycles. The molecule has 1 unspecified atom stereocenters. The van der Waals surface area contributed by atoms with Gasteiger partial charge in [0.1, 0.15) is 5.54 Å². The lowest BCUT2D eigenvalue weighted by atomic mass is 10.0. The molecule has 0 amide bonds. The molecule has 0 fully saturated rings. The molecule has 1 aromatic rings. The van der Waals surface area contributed by atoms with Crippen molar-refractivity contribution in [3.05, 3.63) is 22.4 Å². The molecule has 0 bridgehead atoms. The van der Waals surface area contributed by atoms with E-state index >= 15 is 0 Å². The number of guanidine groups is 1. The first-order valence-corrected chi connectivity index (χ1v) is 7.56. The van der Waals surface area contributed by atoms with E-state index in [-0.39, 0.29) is 0 Å². The topological polar surface area (TPSA) is 58.7 Å². The minimum absolute atomic E-state index is 0.294. The lowest BCUT2D eigenvalue weighted by Crippen LogP contribution is -2.50. The predicted octanol–water partition coefficient (Wildman–Crippen LogP) is 0.855. The van der Waals surface area contributed by atoms with Crippen molar-refractivity contribution in [3.8, 4) is 0 Å². The molecule has 88 valence electrons. The maximum atomic E-state index is 12.3. The smallest absolute Gasteiger partial charge is 0.203 e. The van der Waals surface area contributed by atoms with E-state index in [0.29, 0.717) is 11.7 Å². The third-order valence-electron chi connectivity index (χ3n) is 2.74. The van der Waals surface area contributed by atoms with E-state index in [0.717, 1.165) is 4.88 Å². The van der Waals surface area contributed by atoms with Crippen molar-refractivity contribution < 1.29 is 4.21 Å². The Morgan fingerprint density at radius 2 is 2.44 bits per heavy atom. The quantitative estimate of drug-likeness (QED) is 0.758. The van der Waals surface area contributed by atoms with Crippen molar-refractivity contribution >= 4 is 32.9 Å². The Morgan fingerprint density at radius 1 is 1.75 bits per heavy atom. The van der Waals surface area contributed by atoms with Gasteiger partial charge in [-0.3, -0.25) is 4.31 Å². The van der Waals surface area contributed by atoms with Gasteiger partial charge in [0.25, 0.3) is 0 Å². The second kappa shape index (κ2) is 3.49. The summed E-state index contributed by atoms with van der Waals surface area (Å²) in [6, 6.07) is 3.95.